The van der Waals surface area contributed by atoms with Crippen LogP contribution < -0.4 is 0 Å². The van der Waals surface area contributed by atoms with E-state index in [1.807, 2.05) is 6.92 Å². The molecule has 154 valence electrons. The van der Waals surface area contributed by atoms with Crippen molar-refractivity contribution >= 4 is 11.9 Å². The number of esters is 2. The summed E-state index contributed by atoms with van der Waals surface area (Å²) in [5, 5.41) is 11.1. The highest BCUT2D eigenvalue weighted by molar-refractivity contribution is 5.71. The standard InChI is InChI=1S/C21H29NO6/c1-2-5-19(23)28-18-9-4-8-14-6-3-7-15(21(14)18)10-11-17-12-16(22(25)26)13-20(24)27-17/h3,6,8,15-18,21H,2,4-5,7,9-13H2,1H3. The van der Waals surface area contributed by atoms with Crippen molar-refractivity contribution in [3.8, 4) is 0 Å². The van der Waals surface area contributed by atoms with E-state index in [4.69, 9.17) is 9.47 Å². The zero-order valence-electron chi connectivity index (χ0n) is 16.4. The molecule has 1 fully saturated rings. The Bertz CT molecular complexity index is 670. The fourth-order valence-electron chi connectivity index (χ4n) is 4.69. The molecule has 7 nitrogen and oxygen atoms in total. The molecule has 1 heterocycles. The van der Waals surface area contributed by atoms with Crippen LogP contribution >= 0.6 is 0 Å². The van der Waals surface area contributed by atoms with E-state index in [1.54, 1.807) is 0 Å². The number of fused-ring (bicyclic) bond motifs is 1. The molecule has 0 bridgehead atoms. The van der Waals surface area contributed by atoms with Crippen LogP contribution in [0.4, 0.5) is 0 Å². The first kappa shape index (κ1) is 20.6. The normalized spacial score (nSPS) is 32.1. The minimum absolute atomic E-state index is 0.116. The van der Waals surface area contributed by atoms with Crippen LogP contribution in [0.2, 0.25) is 0 Å². The first-order chi connectivity index (χ1) is 13.5. The van der Waals surface area contributed by atoms with E-state index in [1.165, 1.54) is 5.57 Å². The van der Waals surface area contributed by atoms with Crippen LogP contribution in [0, 0.1) is 22.0 Å². The molecule has 2 aliphatic carbocycles. The number of hydrogen-bond acceptors (Lipinski definition) is 6. The van der Waals surface area contributed by atoms with Crippen molar-refractivity contribution in [2.24, 2.45) is 11.8 Å². The zero-order chi connectivity index (χ0) is 20.1. The Kier molecular flexibility index (Phi) is 6.86. The molecule has 1 aliphatic heterocycles. The van der Waals surface area contributed by atoms with Gasteiger partial charge in [0, 0.05) is 17.3 Å². The lowest BCUT2D eigenvalue weighted by Gasteiger charge is -2.39. The van der Waals surface area contributed by atoms with Gasteiger partial charge in [-0.05, 0) is 50.0 Å². The fraction of sp³-hybridized carbons (Fsp3) is 0.714. The summed E-state index contributed by atoms with van der Waals surface area (Å²) in [6.07, 6.45) is 11.3. The minimum atomic E-state index is -0.842. The van der Waals surface area contributed by atoms with Gasteiger partial charge >= 0.3 is 11.9 Å². The number of carbonyl (C=O) groups excluding carboxylic acids is 2. The van der Waals surface area contributed by atoms with Crippen LogP contribution in [-0.2, 0) is 19.1 Å². The summed E-state index contributed by atoms with van der Waals surface area (Å²) in [6.45, 7) is 1.96. The van der Waals surface area contributed by atoms with E-state index < -0.39 is 18.1 Å². The number of allylic oxidation sites excluding steroid dienone is 3. The van der Waals surface area contributed by atoms with E-state index in [0.717, 1.165) is 32.1 Å². The molecule has 1 saturated heterocycles. The van der Waals surface area contributed by atoms with Gasteiger partial charge in [0.15, 0.2) is 0 Å². The predicted octanol–water partition coefficient (Wildman–Crippen LogP) is 3.74. The maximum absolute atomic E-state index is 12.1. The van der Waals surface area contributed by atoms with Gasteiger partial charge in [-0.1, -0.05) is 25.2 Å². The molecule has 0 aromatic carbocycles. The summed E-state index contributed by atoms with van der Waals surface area (Å²) in [7, 11) is 0. The number of nitrogens with zero attached hydrogens (tertiary/aromatic N) is 1. The topological polar surface area (TPSA) is 95.7 Å². The van der Waals surface area contributed by atoms with E-state index in [9.17, 15) is 19.7 Å². The summed E-state index contributed by atoms with van der Waals surface area (Å²) >= 11 is 0. The zero-order valence-corrected chi connectivity index (χ0v) is 16.4. The van der Waals surface area contributed by atoms with Crippen LogP contribution in [0.5, 0.6) is 0 Å². The second-order valence-corrected chi connectivity index (χ2v) is 8.05. The molecule has 3 aliphatic rings. The summed E-state index contributed by atoms with van der Waals surface area (Å²) in [5.74, 6) is -0.181. The minimum Gasteiger partial charge on any atom is -0.462 e. The van der Waals surface area contributed by atoms with E-state index in [-0.39, 0.29) is 41.7 Å². The average molecular weight is 391 g/mol. The van der Waals surface area contributed by atoms with Crippen molar-refractivity contribution in [3.63, 3.8) is 0 Å². The number of rotatable bonds is 7. The Morgan fingerprint density at radius 3 is 2.96 bits per heavy atom. The van der Waals surface area contributed by atoms with Crippen LogP contribution in [0.3, 0.4) is 0 Å². The SMILES string of the molecule is CCCC(=O)OC1CCC=C2C=CCC(CCC3CC([N+](=O)[O-])CC(=O)O3)C21. The lowest BCUT2D eigenvalue weighted by Crippen LogP contribution is -2.39. The van der Waals surface area contributed by atoms with Gasteiger partial charge in [0.2, 0.25) is 6.04 Å². The number of cyclic esters (lactones) is 1. The van der Waals surface area contributed by atoms with E-state index >= 15 is 0 Å². The maximum atomic E-state index is 12.1. The number of nitro groups is 1. The van der Waals surface area contributed by atoms with Gasteiger partial charge in [0.1, 0.15) is 18.6 Å². The monoisotopic (exact) mass is 391 g/mol. The Hall–Kier alpha value is -2.18. The van der Waals surface area contributed by atoms with Gasteiger partial charge in [-0.25, -0.2) is 0 Å². The van der Waals surface area contributed by atoms with E-state index in [0.29, 0.717) is 12.8 Å². The predicted molar refractivity (Wildman–Crippen MR) is 102 cm³/mol. The third-order valence-electron chi connectivity index (χ3n) is 6.00. The molecule has 0 aromatic rings. The fourth-order valence-corrected chi connectivity index (χ4v) is 4.69. The van der Waals surface area contributed by atoms with Crippen LogP contribution in [0.1, 0.15) is 64.7 Å². The van der Waals surface area contributed by atoms with Gasteiger partial charge in [0.05, 0.1) is 6.42 Å². The summed E-state index contributed by atoms with van der Waals surface area (Å²) in [4.78, 5) is 34.4. The molecule has 0 saturated carbocycles. The van der Waals surface area contributed by atoms with Gasteiger partial charge in [0.25, 0.3) is 0 Å². The second kappa shape index (κ2) is 9.34. The molecule has 5 atom stereocenters. The maximum Gasteiger partial charge on any atom is 0.313 e. The molecule has 7 heteroatoms. The average Bonchev–Trinajstić information content (AvgIpc) is 2.66. The Labute approximate surface area is 165 Å². The third kappa shape index (κ3) is 5.00. The largest absolute Gasteiger partial charge is 0.462 e. The molecular formula is C21H29NO6. The highest BCUT2D eigenvalue weighted by Gasteiger charge is 2.39. The number of carbonyl (C=O) groups is 2. The summed E-state index contributed by atoms with van der Waals surface area (Å²) in [6, 6.07) is -0.842. The molecule has 3 rings (SSSR count). The molecule has 0 radical (unpaired) electrons. The molecule has 0 amide bonds. The summed E-state index contributed by atoms with van der Waals surface area (Å²) in [5.41, 5.74) is 1.22. The van der Waals surface area contributed by atoms with Crippen LogP contribution in [0.25, 0.3) is 0 Å². The van der Waals surface area contributed by atoms with Crippen molar-refractivity contribution in [2.45, 2.75) is 83.0 Å². The van der Waals surface area contributed by atoms with Crippen molar-refractivity contribution in [3.05, 3.63) is 33.9 Å². The van der Waals surface area contributed by atoms with Crippen LogP contribution in [0.15, 0.2) is 23.8 Å². The molecular weight excluding hydrogens is 362 g/mol. The Morgan fingerprint density at radius 1 is 1.39 bits per heavy atom. The Balaban J connectivity index is 1.63. The quantitative estimate of drug-likeness (QED) is 0.373. The molecule has 5 unspecified atom stereocenters. The van der Waals surface area contributed by atoms with Crippen molar-refractivity contribution in [1.29, 1.82) is 0 Å². The molecule has 28 heavy (non-hydrogen) atoms. The number of hydrogen-bond donors (Lipinski definition) is 0. The highest BCUT2D eigenvalue weighted by atomic mass is 16.6. The van der Waals surface area contributed by atoms with Crippen molar-refractivity contribution in [2.75, 3.05) is 0 Å². The first-order valence-corrected chi connectivity index (χ1v) is 10.4. The van der Waals surface area contributed by atoms with Gasteiger partial charge < -0.3 is 9.47 Å². The highest BCUT2D eigenvalue weighted by Crippen LogP contribution is 2.41. The van der Waals surface area contributed by atoms with Gasteiger partial charge in [-0.3, -0.25) is 19.7 Å². The number of ether oxygens (including phenoxy) is 2. The van der Waals surface area contributed by atoms with Gasteiger partial charge in [-0.15, -0.1) is 0 Å². The first-order valence-electron chi connectivity index (χ1n) is 10.4. The molecule has 0 aromatic heterocycles. The van der Waals surface area contributed by atoms with E-state index in [2.05, 4.69) is 18.2 Å². The molecule has 0 N–H and O–H groups in total. The summed E-state index contributed by atoms with van der Waals surface area (Å²) < 4.78 is 11.2. The molecule has 0 spiro atoms. The second-order valence-electron chi connectivity index (χ2n) is 8.05. The lowest BCUT2D eigenvalue weighted by molar-refractivity contribution is -0.526. The Morgan fingerprint density at radius 2 is 2.21 bits per heavy atom. The third-order valence-corrected chi connectivity index (χ3v) is 6.00. The van der Waals surface area contributed by atoms with Gasteiger partial charge in [-0.2, -0.15) is 0 Å². The van der Waals surface area contributed by atoms with Crippen molar-refractivity contribution < 1.29 is 24.0 Å². The van der Waals surface area contributed by atoms with Crippen molar-refractivity contribution in [1.82, 2.24) is 0 Å². The lowest BCUT2D eigenvalue weighted by atomic mass is 9.70. The van der Waals surface area contributed by atoms with Crippen LogP contribution in [-0.4, -0.2) is 35.1 Å². The smallest absolute Gasteiger partial charge is 0.313 e.